The summed E-state index contributed by atoms with van der Waals surface area (Å²) in [4.78, 5) is 15.9. The van der Waals surface area contributed by atoms with E-state index < -0.39 is 17.7 Å². The third kappa shape index (κ3) is 2.96. The summed E-state index contributed by atoms with van der Waals surface area (Å²) in [5.74, 6) is -1.36. The summed E-state index contributed by atoms with van der Waals surface area (Å²) in [5.41, 5.74) is 6.59. The van der Waals surface area contributed by atoms with Gasteiger partial charge in [-0.25, -0.2) is 18.6 Å². The van der Waals surface area contributed by atoms with E-state index in [1.807, 2.05) is 0 Å². The number of anilines is 3. The average Bonchev–Trinajstić information content (AvgIpc) is 2.82. The van der Waals surface area contributed by atoms with Crippen LogP contribution in [0.1, 0.15) is 0 Å². The molecule has 0 aliphatic rings. The molecule has 0 atom stereocenters. The Morgan fingerprint density at radius 1 is 1.14 bits per heavy atom. The smallest absolute Gasteiger partial charge is 0.323 e. The molecule has 0 saturated heterocycles. The van der Waals surface area contributed by atoms with Crippen LogP contribution in [0.4, 0.5) is 30.1 Å². The van der Waals surface area contributed by atoms with E-state index in [9.17, 15) is 13.6 Å². The third-order valence-electron chi connectivity index (χ3n) is 2.84. The first-order valence-corrected chi connectivity index (χ1v) is 7.02. The van der Waals surface area contributed by atoms with E-state index in [2.05, 4.69) is 15.6 Å². The number of nitrogens with one attached hydrogen (secondary N) is 2. The van der Waals surface area contributed by atoms with Gasteiger partial charge in [0.05, 0.1) is 15.9 Å². The van der Waals surface area contributed by atoms with Crippen molar-refractivity contribution >= 4 is 44.1 Å². The van der Waals surface area contributed by atoms with Gasteiger partial charge in [-0.05, 0) is 30.3 Å². The van der Waals surface area contributed by atoms with Crippen LogP contribution in [0, 0.1) is 11.6 Å². The molecule has 5 nitrogen and oxygen atoms in total. The number of carbonyl (C=O) groups excluding carboxylic acids is 1. The maximum absolute atomic E-state index is 13.5. The van der Waals surface area contributed by atoms with Gasteiger partial charge in [-0.1, -0.05) is 11.3 Å². The topological polar surface area (TPSA) is 80.0 Å². The Labute approximate surface area is 127 Å². The molecule has 0 unspecified atom stereocenters. The number of aromatic nitrogens is 1. The molecule has 3 rings (SSSR count). The lowest BCUT2D eigenvalue weighted by molar-refractivity contribution is 0.262. The highest BCUT2D eigenvalue weighted by Crippen LogP contribution is 2.26. The fourth-order valence-electron chi connectivity index (χ4n) is 1.90. The lowest BCUT2D eigenvalue weighted by Gasteiger charge is -2.08. The highest BCUT2D eigenvalue weighted by atomic mass is 32.1. The number of fused-ring (bicyclic) bond motifs is 1. The van der Waals surface area contributed by atoms with Gasteiger partial charge < -0.3 is 16.4 Å². The molecule has 0 aliphatic heterocycles. The van der Waals surface area contributed by atoms with Crippen molar-refractivity contribution < 1.29 is 13.6 Å². The molecule has 0 bridgehead atoms. The Morgan fingerprint density at radius 3 is 2.77 bits per heavy atom. The predicted octanol–water partition coefficient (Wildman–Crippen LogP) is 3.80. The van der Waals surface area contributed by atoms with Gasteiger partial charge in [0.25, 0.3) is 0 Å². The van der Waals surface area contributed by atoms with Crippen LogP contribution in [-0.2, 0) is 0 Å². The SMILES string of the molecule is Nc1nc2ccc(NC(=O)Nc3cc(F)ccc3F)cc2s1. The minimum Gasteiger partial charge on any atom is -0.375 e. The van der Waals surface area contributed by atoms with Crippen LogP contribution in [0.2, 0.25) is 0 Å². The summed E-state index contributed by atoms with van der Waals surface area (Å²) < 4.78 is 27.3. The maximum atomic E-state index is 13.5. The van der Waals surface area contributed by atoms with Crippen LogP contribution in [0.15, 0.2) is 36.4 Å². The van der Waals surface area contributed by atoms with Crippen molar-refractivity contribution in [2.24, 2.45) is 0 Å². The largest absolute Gasteiger partial charge is 0.375 e. The van der Waals surface area contributed by atoms with E-state index in [0.717, 1.165) is 28.4 Å². The molecule has 1 aromatic heterocycles. The van der Waals surface area contributed by atoms with Gasteiger partial charge in [0.15, 0.2) is 5.13 Å². The number of halogens is 2. The van der Waals surface area contributed by atoms with Crippen molar-refractivity contribution in [2.75, 3.05) is 16.4 Å². The Morgan fingerprint density at radius 2 is 1.95 bits per heavy atom. The van der Waals surface area contributed by atoms with Gasteiger partial charge >= 0.3 is 6.03 Å². The number of amides is 2. The molecule has 2 aromatic carbocycles. The molecule has 2 amide bonds. The van der Waals surface area contributed by atoms with Crippen LogP contribution in [-0.4, -0.2) is 11.0 Å². The van der Waals surface area contributed by atoms with Crippen molar-refractivity contribution in [2.45, 2.75) is 0 Å². The van der Waals surface area contributed by atoms with E-state index in [1.54, 1.807) is 18.2 Å². The van der Waals surface area contributed by atoms with Crippen LogP contribution < -0.4 is 16.4 Å². The first kappa shape index (κ1) is 14.2. The van der Waals surface area contributed by atoms with Gasteiger partial charge in [-0.2, -0.15) is 0 Å². The maximum Gasteiger partial charge on any atom is 0.323 e. The van der Waals surface area contributed by atoms with E-state index in [-0.39, 0.29) is 5.69 Å². The zero-order chi connectivity index (χ0) is 15.7. The molecule has 4 N–H and O–H groups in total. The molecule has 8 heteroatoms. The Balaban J connectivity index is 1.76. The third-order valence-corrected chi connectivity index (χ3v) is 3.69. The molecule has 3 aromatic rings. The van der Waals surface area contributed by atoms with Crippen LogP contribution in [0.5, 0.6) is 0 Å². The number of thiazole rings is 1. The van der Waals surface area contributed by atoms with Gasteiger partial charge in [0.1, 0.15) is 11.6 Å². The summed E-state index contributed by atoms with van der Waals surface area (Å²) in [7, 11) is 0. The average molecular weight is 320 g/mol. The summed E-state index contributed by atoms with van der Waals surface area (Å²) in [6, 6.07) is 7.19. The number of rotatable bonds is 2. The molecular formula is C14H10F2N4OS. The molecule has 0 fully saturated rings. The fourth-order valence-corrected chi connectivity index (χ4v) is 2.67. The van der Waals surface area contributed by atoms with Gasteiger partial charge in [-0.15, -0.1) is 0 Å². The van der Waals surface area contributed by atoms with Crippen LogP contribution in [0.3, 0.4) is 0 Å². The first-order chi connectivity index (χ1) is 10.5. The molecule has 112 valence electrons. The lowest BCUT2D eigenvalue weighted by Crippen LogP contribution is -2.20. The lowest BCUT2D eigenvalue weighted by atomic mass is 10.3. The monoisotopic (exact) mass is 320 g/mol. The van der Waals surface area contributed by atoms with Crippen molar-refractivity contribution in [3.63, 3.8) is 0 Å². The number of nitrogen functional groups attached to an aromatic ring is 1. The summed E-state index contributed by atoms with van der Waals surface area (Å²) in [6.07, 6.45) is 0. The summed E-state index contributed by atoms with van der Waals surface area (Å²) >= 11 is 1.29. The van der Waals surface area contributed by atoms with E-state index in [1.165, 1.54) is 11.3 Å². The molecule has 1 heterocycles. The number of hydrogen-bond donors (Lipinski definition) is 3. The zero-order valence-corrected chi connectivity index (χ0v) is 11.9. The highest BCUT2D eigenvalue weighted by molar-refractivity contribution is 7.22. The Bertz CT molecular complexity index is 865. The number of urea groups is 1. The van der Waals surface area contributed by atoms with Gasteiger partial charge in [-0.3, -0.25) is 0 Å². The van der Waals surface area contributed by atoms with Gasteiger partial charge in [0, 0.05) is 11.8 Å². The fraction of sp³-hybridized carbons (Fsp3) is 0. The predicted molar refractivity (Wildman–Crippen MR) is 83.0 cm³/mol. The second-order valence-electron chi connectivity index (χ2n) is 4.44. The number of nitrogens with zero attached hydrogens (tertiary/aromatic N) is 1. The molecule has 0 radical (unpaired) electrons. The number of nitrogens with two attached hydrogens (primary N) is 1. The minimum absolute atomic E-state index is 0.236. The van der Waals surface area contributed by atoms with E-state index in [4.69, 9.17) is 5.73 Å². The molecule has 0 aliphatic carbocycles. The first-order valence-electron chi connectivity index (χ1n) is 6.20. The quantitative estimate of drug-likeness (QED) is 0.672. The summed E-state index contributed by atoms with van der Waals surface area (Å²) in [5, 5.41) is 5.22. The second-order valence-corrected chi connectivity index (χ2v) is 5.50. The van der Waals surface area contributed by atoms with Crippen molar-refractivity contribution in [3.8, 4) is 0 Å². The second kappa shape index (κ2) is 5.57. The highest BCUT2D eigenvalue weighted by Gasteiger charge is 2.09. The normalized spacial score (nSPS) is 10.6. The molecule has 0 saturated carbocycles. The Kier molecular flexibility index (Phi) is 3.60. The number of benzene rings is 2. The number of carbonyl (C=O) groups is 1. The van der Waals surface area contributed by atoms with E-state index in [0.29, 0.717) is 10.8 Å². The van der Waals surface area contributed by atoms with Crippen molar-refractivity contribution in [3.05, 3.63) is 48.0 Å². The molecule has 0 spiro atoms. The van der Waals surface area contributed by atoms with Crippen molar-refractivity contribution in [1.82, 2.24) is 4.98 Å². The number of hydrogen-bond acceptors (Lipinski definition) is 4. The van der Waals surface area contributed by atoms with Gasteiger partial charge in [0.2, 0.25) is 0 Å². The Hall–Kier alpha value is -2.74. The molecule has 22 heavy (non-hydrogen) atoms. The summed E-state index contributed by atoms with van der Waals surface area (Å²) in [6.45, 7) is 0. The van der Waals surface area contributed by atoms with Crippen LogP contribution in [0.25, 0.3) is 10.2 Å². The van der Waals surface area contributed by atoms with Crippen molar-refractivity contribution in [1.29, 1.82) is 0 Å². The van der Waals surface area contributed by atoms with Crippen LogP contribution >= 0.6 is 11.3 Å². The minimum atomic E-state index is -0.720. The standard InChI is InChI=1S/C14H10F2N4OS/c15-7-1-3-9(16)11(5-7)20-14(21)18-8-2-4-10-12(6-8)22-13(17)19-10/h1-6H,(H2,17,19)(H2,18,20,21). The molecular weight excluding hydrogens is 310 g/mol. The zero-order valence-electron chi connectivity index (χ0n) is 11.1. The van der Waals surface area contributed by atoms with E-state index >= 15 is 0 Å².